The zero-order valence-electron chi connectivity index (χ0n) is 18.3. The van der Waals surface area contributed by atoms with Gasteiger partial charge >= 0.3 is 0 Å². The number of carbonyl (C=O) groups excluding carboxylic acids is 1. The van der Waals surface area contributed by atoms with Gasteiger partial charge in [-0.2, -0.15) is 0 Å². The van der Waals surface area contributed by atoms with Crippen molar-refractivity contribution in [1.82, 2.24) is 0 Å². The Morgan fingerprint density at radius 3 is 2.27 bits per heavy atom. The van der Waals surface area contributed by atoms with E-state index in [1.807, 2.05) is 24.3 Å². The molecule has 0 saturated carbocycles. The molecule has 0 aromatic heterocycles. The van der Waals surface area contributed by atoms with Crippen molar-refractivity contribution < 1.29 is 19.0 Å². The maximum atomic E-state index is 13.4. The van der Waals surface area contributed by atoms with E-state index in [0.717, 1.165) is 35.4 Å². The first kappa shape index (κ1) is 20.3. The number of hydrogen-bond donors (Lipinski definition) is 1. The van der Waals surface area contributed by atoms with Gasteiger partial charge in [0.2, 0.25) is 5.75 Å². The summed E-state index contributed by atoms with van der Waals surface area (Å²) in [5.41, 5.74) is 5.09. The van der Waals surface area contributed by atoms with Gasteiger partial charge in [-0.3, -0.25) is 4.79 Å². The summed E-state index contributed by atoms with van der Waals surface area (Å²) in [4.78, 5) is 13.4. The molecule has 4 rings (SSSR count). The van der Waals surface area contributed by atoms with E-state index >= 15 is 0 Å². The van der Waals surface area contributed by atoms with Crippen LogP contribution >= 0.6 is 0 Å². The van der Waals surface area contributed by atoms with Crippen LogP contribution in [0, 0.1) is 5.41 Å². The van der Waals surface area contributed by atoms with Crippen molar-refractivity contribution in [3.63, 3.8) is 0 Å². The summed E-state index contributed by atoms with van der Waals surface area (Å²) in [5, 5.41) is 3.60. The third-order valence-electron chi connectivity index (χ3n) is 6.08. The molecule has 1 atom stereocenters. The number of carbonyl (C=O) groups is 1. The van der Waals surface area contributed by atoms with E-state index in [0.29, 0.717) is 23.7 Å². The summed E-state index contributed by atoms with van der Waals surface area (Å²) in [6, 6.07) is 12.2. The van der Waals surface area contributed by atoms with Crippen molar-refractivity contribution in [1.29, 1.82) is 0 Å². The number of ketones is 1. The number of ether oxygens (including phenoxy) is 3. The Morgan fingerprint density at radius 2 is 1.63 bits per heavy atom. The number of anilines is 1. The second-order valence-electron chi connectivity index (χ2n) is 8.83. The molecule has 1 unspecified atom stereocenters. The van der Waals surface area contributed by atoms with Crippen LogP contribution in [0.25, 0.3) is 0 Å². The standard InChI is InChI=1S/C25H29NO4/c1-25(2)13-19-23(20(27)14-25)17(10-15-8-6-7-9-18(15)26-19)16-11-21(28-3)24(30-5)22(12-16)29-4/h6-9,11-12,17,26H,10,13-14H2,1-5H3. The summed E-state index contributed by atoms with van der Waals surface area (Å²) >= 11 is 0. The molecule has 2 aliphatic rings. The molecule has 5 heteroatoms. The zero-order valence-corrected chi connectivity index (χ0v) is 18.3. The van der Waals surface area contributed by atoms with Gasteiger partial charge in [0, 0.05) is 29.3 Å². The average molecular weight is 408 g/mol. The van der Waals surface area contributed by atoms with Gasteiger partial charge < -0.3 is 19.5 Å². The molecule has 2 aromatic carbocycles. The lowest BCUT2D eigenvalue weighted by molar-refractivity contribution is -0.118. The van der Waals surface area contributed by atoms with Crippen LogP contribution in [0.4, 0.5) is 5.69 Å². The Kier molecular flexibility index (Phi) is 5.22. The summed E-state index contributed by atoms with van der Waals surface area (Å²) in [7, 11) is 4.83. The average Bonchev–Trinajstić information content (AvgIpc) is 2.88. The van der Waals surface area contributed by atoms with Crippen LogP contribution in [0.3, 0.4) is 0 Å². The fourth-order valence-electron chi connectivity index (χ4n) is 4.74. The van der Waals surface area contributed by atoms with Crippen LogP contribution in [0.5, 0.6) is 17.2 Å². The quantitative estimate of drug-likeness (QED) is 0.763. The largest absolute Gasteiger partial charge is 0.493 e. The van der Waals surface area contributed by atoms with Gasteiger partial charge in [-0.05, 0) is 47.6 Å². The molecule has 5 nitrogen and oxygen atoms in total. The van der Waals surface area contributed by atoms with Gasteiger partial charge in [0.1, 0.15) is 0 Å². The highest BCUT2D eigenvalue weighted by Crippen LogP contribution is 2.48. The molecule has 0 saturated heterocycles. The minimum absolute atomic E-state index is 0.0674. The molecule has 0 bridgehead atoms. The smallest absolute Gasteiger partial charge is 0.203 e. The van der Waals surface area contributed by atoms with Gasteiger partial charge in [-0.25, -0.2) is 0 Å². The van der Waals surface area contributed by atoms with E-state index in [9.17, 15) is 4.79 Å². The van der Waals surface area contributed by atoms with Gasteiger partial charge in [-0.1, -0.05) is 32.0 Å². The first-order chi connectivity index (χ1) is 14.4. The number of benzene rings is 2. The summed E-state index contributed by atoms with van der Waals surface area (Å²) in [6.45, 7) is 4.31. The highest BCUT2D eigenvalue weighted by Gasteiger charge is 2.39. The van der Waals surface area contributed by atoms with Gasteiger partial charge in [0.15, 0.2) is 17.3 Å². The van der Waals surface area contributed by atoms with Gasteiger partial charge in [-0.15, -0.1) is 0 Å². The lowest BCUT2D eigenvalue weighted by atomic mass is 9.71. The molecule has 0 amide bonds. The molecule has 0 spiro atoms. The predicted molar refractivity (Wildman–Crippen MR) is 118 cm³/mol. The molecule has 1 aliphatic carbocycles. The van der Waals surface area contributed by atoms with Crippen LogP contribution in [0.1, 0.15) is 43.7 Å². The van der Waals surface area contributed by atoms with Crippen LogP contribution in [0.2, 0.25) is 0 Å². The molecule has 30 heavy (non-hydrogen) atoms. The number of Topliss-reactive ketones (excluding diaryl/α,β-unsaturated/α-hetero) is 1. The van der Waals surface area contributed by atoms with Crippen molar-refractivity contribution in [3.8, 4) is 17.2 Å². The fourth-order valence-corrected chi connectivity index (χ4v) is 4.74. The Hall–Kier alpha value is -2.95. The number of allylic oxidation sites excluding steroid dienone is 2. The molecule has 0 radical (unpaired) electrons. The fraction of sp³-hybridized carbons (Fsp3) is 0.400. The number of fused-ring (bicyclic) bond motifs is 1. The molecule has 158 valence electrons. The number of hydrogen-bond acceptors (Lipinski definition) is 5. The summed E-state index contributed by atoms with van der Waals surface area (Å²) in [6.07, 6.45) is 2.11. The topological polar surface area (TPSA) is 56.8 Å². The van der Waals surface area contributed by atoms with Crippen molar-refractivity contribution in [2.24, 2.45) is 5.41 Å². The lowest BCUT2D eigenvalue weighted by Gasteiger charge is -2.34. The van der Waals surface area contributed by atoms with E-state index in [1.54, 1.807) is 21.3 Å². The normalized spacial score (nSPS) is 19.9. The van der Waals surface area contributed by atoms with E-state index in [4.69, 9.17) is 14.2 Å². The van der Waals surface area contributed by atoms with Crippen molar-refractivity contribution in [3.05, 3.63) is 58.8 Å². The Bertz CT molecular complexity index is 997. The highest BCUT2D eigenvalue weighted by molar-refractivity contribution is 6.00. The second-order valence-corrected chi connectivity index (χ2v) is 8.83. The molecule has 1 aliphatic heterocycles. The van der Waals surface area contributed by atoms with Crippen molar-refractivity contribution in [2.75, 3.05) is 26.6 Å². The molecule has 1 N–H and O–H groups in total. The van der Waals surface area contributed by atoms with E-state index in [1.165, 1.54) is 5.56 Å². The van der Waals surface area contributed by atoms with Crippen LogP contribution in [-0.4, -0.2) is 27.1 Å². The molecule has 1 heterocycles. The first-order valence-corrected chi connectivity index (χ1v) is 10.3. The monoisotopic (exact) mass is 407 g/mol. The van der Waals surface area contributed by atoms with Crippen LogP contribution in [-0.2, 0) is 11.2 Å². The molecule has 2 aromatic rings. The maximum Gasteiger partial charge on any atom is 0.203 e. The van der Waals surface area contributed by atoms with E-state index < -0.39 is 0 Å². The van der Waals surface area contributed by atoms with Crippen molar-refractivity contribution in [2.45, 2.75) is 39.0 Å². The molecular weight excluding hydrogens is 378 g/mol. The molecule has 0 fully saturated rings. The van der Waals surface area contributed by atoms with Gasteiger partial charge in [0.05, 0.1) is 21.3 Å². The zero-order chi connectivity index (χ0) is 21.5. The minimum atomic E-state index is -0.0894. The third kappa shape index (κ3) is 3.53. The number of rotatable bonds is 4. The lowest BCUT2D eigenvalue weighted by Crippen LogP contribution is -2.30. The molecular formula is C25H29NO4. The maximum absolute atomic E-state index is 13.4. The highest BCUT2D eigenvalue weighted by atomic mass is 16.5. The van der Waals surface area contributed by atoms with Crippen molar-refractivity contribution >= 4 is 11.5 Å². The predicted octanol–water partition coefficient (Wildman–Crippen LogP) is 5.11. The number of para-hydroxylation sites is 1. The number of methoxy groups -OCH3 is 3. The van der Waals surface area contributed by atoms with E-state index in [-0.39, 0.29) is 17.1 Å². The Morgan fingerprint density at radius 1 is 0.967 bits per heavy atom. The van der Waals surface area contributed by atoms with E-state index in [2.05, 4.69) is 31.3 Å². The van der Waals surface area contributed by atoms with Crippen LogP contribution < -0.4 is 19.5 Å². The number of nitrogens with one attached hydrogen (secondary N) is 1. The first-order valence-electron chi connectivity index (χ1n) is 10.3. The SMILES string of the molecule is COc1cc(C2Cc3ccccc3NC3=C2C(=O)CC(C)(C)C3)cc(OC)c1OC. The summed E-state index contributed by atoms with van der Waals surface area (Å²) < 4.78 is 16.7. The summed E-state index contributed by atoms with van der Waals surface area (Å²) in [5.74, 6) is 1.88. The Labute approximate surface area is 178 Å². The third-order valence-corrected chi connectivity index (χ3v) is 6.08. The second kappa shape index (κ2) is 7.71. The minimum Gasteiger partial charge on any atom is -0.493 e. The Balaban J connectivity index is 1.92. The van der Waals surface area contributed by atoms with Crippen LogP contribution in [0.15, 0.2) is 47.7 Å². The van der Waals surface area contributed by atoms with Gasteiger partial charge in [0.25, 0.3) is 0 Å².